The molecule has 0 nitrogen and oxygen atoms in total. The monoisotopic (exact) mass is 1010 g/mol. The molecule has 0 unspecified atom stereocenters. The standard InChI is InChI=1S/4C15H11.2ClH.2Zr/c4*1-2-6-12(7-3-1)15-11-10-13-8-4-5-9-14(13)15;;;;/h4*1-11H;2*1H;;/q4*-1;;;2*+2/p-2. The Hall–Kier alpha value is -5.45. The van der Waals surface area contributed by atoms with E-state index in [9.17, 15) is 0 Å². The van der Waals surface area contributed by atoms with Crippen molar-refractivity contribution in [2.45, 2.75) is 0 Å². The van der Waals surface area contributed by atoms with Crippen LogP contribution in [-0.2, 0) is 52.4 Å². The fraction of sp³-hybridized carbons (Fsp3) is 0. The average molecular weight is 1020 g/mol. The van der Waals surface area contributed by atoms with Gasteiger partial charge in [0, 0.05) is 0 Å². The van der Waals surface area contributed by atoms with Gasteiger partial charge < -0.3 is 24.8 Å². The van der Waals surface area contributed by atoms with Crippen LogP contribution in [-0.4, -0.2) is 0 Å². The summed E-state index contributed by atoms with van der Waals surface area (Å²) in [5.41, 5.74) is 10.5. The van der Waals surface area contributed by atoms with Crippen molar-refractivity contribution in [3.63, 3.8) is 0 Å². The molecule has 0 aromatic heterocycles. The Morgan fingerprint density at radius 2 is 0.359 bits per heavy atom. The summed E-state index contributed by atoms with van der Waals surface area (Å²) in [4.78, 5) is 0. The second kappa shape index (κ2) is 24.6. The molecule has 0 aliphatic rings. The van der Waals surface area contributed by atoms with E-state index in [1.165, 1.54) is 87.6 Å². The zero-order valence-corrected chi connectivity index (χ0v) is 41.6. The number of hydrogen-bond acceptors (Lipinski definition) is 0. The fourth-order valence-electron chi connectivity index (χ4n) is 8.08. The second-order valence-corrected chi connectivity index (χ2v) is 14.8. The molecule has 0 fully saturated rings. The summed E-state index contributed by atoms with van der Waals surface area (Å²) in [7, 11) is 0. The van der Waals surface area contributed by atoms with Crippen molar-refractivity contribution in [1.29, 1.82) is 0 Å². The van der Waals surface area contributed by atoms with Gasteiger partial charge in [0.25, 0.3) is 0 Å². The minimum atomic E-state index is 0. The maximum absolute atomic E-state index is 2.19. The molecule has 64 heavy (non-hydrogen) atoms. The van der Waals surface area contributed by atoms with Crippen molar-refractivity contribution in [3.8, 4) is 44.5 Å². The molecule has 0 radical (unpaired) electrons. The molecule has 0 aliphatic carbocycles. The van der Waals surface area contributed by atoms with E-state index in [2.05, 4.69) is 267 Å². The van der Waals surface area contributed by atoms with Crippen LogP contribution in [0.1, 0.15) is 0 Å². The minimum absolute atomic E-state index is 0. The van der Waals surface area contributed by atoms with Crippen LogP contribution in [0.25, 0.3) is 87.6 Å². The summed E-state index contributed by atoms with van der Waals surface area (Å²) in [6, 6.07) is 93.6. The first-order valence-electron chi connectivity index (χ1n) is 20.6. The molecule has 308 valence electrons. The van der Waals surface area contributed by atoms with Crippen LogP contribution in [0.4, 0.5) is 0 Å². The Kier molecular flexibility index (Phi) is 19.0. The largest absolute Gasteiger partial charge is 2.00 e. The van der Waals surface area contributed by atoms with Crippen molar-refractivity contribution in [1.82, 2.24) is 0 Å². The number of rotatable bonds is 4. The van der Waals surface area contributed by atoms with E-state index in [-0.39, 0.29) is 77.2 Å². The third-order valence-electron chi connectivity index (χ3n) is 11.1. The predicted molar refractivity (Wildman–Crippen MR) is 260 cm³/mol. The maximum Gasteiger partial charge on any atom is 2.00 e. The Morgan fingerprint density at radius 3 is 0.562 bits per heavy atom. The van der Waals surface area contributed by atoms with Gasteiger partial charge in [-0.2, -0.15) is 0 Å². The third-order valence-corrected chi connectivity index (χ3v) is 11.1. The summed E-state index contributed by atoms with van der Waals surface area (Å²) in [6.45, 7) is 0. The Bertz CT molecular complexity index is 2760. The molecule has 0 atom stereocenters. The van der Waals surface area contributed by atoms with Crippen LogP contribution in [0.5, 0.6) is 0 Å². The summed E-state index contributed by atoms with van der Waals surface area (Å²) in [5.74, 6) is 0. The molecule has 0 aliphatic heterocycles. The Labute approximate surface area is 427 Å². The molecular formula is C60H44Cl2Zr2-2. The van der Waals surface area contributed by atoms with Crippen molar-refractivity contribution in [3.05, 3.63) is 267 Å². The van der Waals surface area contributed by atoms with E-state index in [1.807, 2.05) is 0 Å². The van der Waals surface area contributed by atoms with Gasteiger partial charge in [0.2, 0.25) is 0 Å². The van der Waals surface area contributed by atoms with Gasteiger partial charge >= 0.3 is 52.4 Å². The Morgan fingerprint density at radius 1 is 0.188 bits per heavy atom. The molecule has 0 N–H and O–H groups in total. The molecule has 4 heteroatoms. The van der Waals surface area contributed by atoms with Crippen LogP contribution in [0.15, 0.2) is 267 Å². The van der Waals surface area contributed by atoms with Crippen molar-refractivity contribution < 1.29 is 77.2 Å². The van der Waals surface area contributed by atoms with Crippen LogP contribution >= 0.6 is 0 Å². The average Bonchev–Trinajstić information content (AvgIpc) is 4.16. The van der Waals surface area contributed by atoms with Gasteiger partial charge in [0.1, 0.15) is 0 Å². The van der Waals surface area contributed by atoms with E-state index in [0.29, 0.717) is 0 Å². The molecule has 12 aromatic rings. The number of halogens is 2. The van der Waals surface area contributed by atoms with E-state index in [1.54, 1.807) is 0 Å². The summed E-state index contributed by atoms with van der Waals surface area (Å²) < 4.78 is 0. The smallest absolute Gasteiger partial charge is 1.00 e. The van der Waals surface area contributed by atoms with Gasteiger partial charge in [-0.05, 0) is 0 Å². The molecule has 0 amide bonds. The van der Waals surface area contributed by atoms with E-state index < -0.39 is 0 Å². The number of benzene rings is 8. The first-order chi connectivity index (χ1) is 29.8. The van der Waals surface area contributed by atoms with Gasteiger partial charge in [0.05, 0.1) is 0 Å². The van der Waals surface area contributed by atoms with Gasteiger partial charge in [0.15, 0.2) is 0 Å². The molecule has 12 aromatic carbocycles. The molecule has 0 saturated heterocycles. The van der Waals surface area contributed by atoms with E-state index >= 15 is 0 Å². The van der Waals surface area contributed by atoms with Crippen molar-refractivity contribution >= 4 is 43.1 Å². The topological polar surface area (TPSA) is 0 Å². The first-order valence-corrected chi connectivity index (χ1v) is 20.6. The van der Waals surface area contributed by atoms with Crippen molar-refractivity contribution in [2.24, 2.45) is 0 Å². The maximum atomic E-state index is 2.19. The minimum Gasteiger partial charge on any atom is -1.00 e. The predicted octanol–water partition coefficient (Wildman–Crippen LogP) is 10.9. The molecular weight excluding hydrogens is 974 g/mol. The summed E-state index contributed by atoms with van der Waals surface area (Å²) in [6.07, 6.45) is 0. The van der Waals surface area contributed by atoms with Gasteiger partial charge in [-0.1, -0.05) is 211 Å². The van der Waals surface area contributed by atoms with Crippen molar-refractivity contribution in [2.75, 3.05) is 0 Å². The van der Waals surface area contributed by atoms with Crippen LogP contribution in [0.3, 0.4) is 0 Å². The molecule has 0 saturated carbocycles. The third kappa shape index (κ3) is 11.6. The fourth-order valence-corrected chi connectivity index (χ4v) is 8.08. The Balaban J connectivity index is 0.000000157. The quantitative estimate of drug-likeness (QED) is 0.154. The number of hydrogen-bond donors (Lipinski definition) is 0. The molecule has 12 rings (SSSR count). The van der Waals surface area contributed by atoms with E-state index in [0.717, 1.165) is 0 Å². The normalized spacial score (nSPS) is 10.0. The van der Waals surface area contributed by atoms with Gasteiger partial charge in [-0.15, -0.1) is 144 Å². The first kappa shape index (κ1) is 49.6. The number of fused-ring (bicyclic) bond motifs is 4. The SMILES string of the molecule is [Cl-].[Cl-].[Zr+2].[Zr+2].c1ccc(-[c-]2ccc3ccccc32)cc1.c1ccc(-[c-]2ccc3ccccc32)cc1.c1ccc(-[c-]2ccc3ccccc32)cc1.c1ccc(-[c-]2ccc3ccccc32)cc1. The van der Waals surface area contributed by atoms with Gasteiger partial charge in [-0.25, -0.2) is 0 Å². The van der Waals surface area contributed by atoms with Crippen LogP contribution in [0, 0.1) is 0 Å². The summed E-state index contributed by atoms with van der Waals surface area (Å²) >= 11 is 0. The zero-order valence-electron chi connectivity index (χ0n) is 35.2. The molecule has 0 bridgehead atoms. The van der Waals surface area contributed by atoms with Crippen LogP contribution < -0.4 is 24.8 Å². The second-order valence-electron chi connectivity index (χ2n) is 14.8. The molecule has 0 heterocycles. The van der Waals surface area contributed by atoms with E-state index in [4.69, 9.17) is 0 Å². The van der Waals surface area contributed by atoms with Crippen LogP contribution in [0.2, 0.25) is 0 Å². The summed E-state index contributed by atoms with van der Waals surface area (Å²) in [5, 5.41) is 10.6. The zero-order chi connectivity index (χ0) is 40.4. The molecule has 0 spiro atoms. The van der Waals surface area contributed by atoms with Gasteiger partial charge in [-0.3, -0.25) is 0 Å².